The average molecular weight is 176 g/mol. The van der Waals surface area contributed by atoms with Gasteiger partial charge in [-0.1, -0.05) is 0 Å². The number of aliphatic hydroxyl groups excluding tert-OH is 1. The second kappa shape index (κ2) is 2.19. The van der Waals surface area contributed by atoms with E-state index >= 15 is 0 Å². The summed E-state index contributed by atoms with van der Waals surface area (Å²) < 4.78 is 25.1. The second-order valence-electron chi connectivity index (χ2n) is 4.37. The van der Waals surface area contributed by atoms with Gasteiger partial charge in [0, 0.05) is 12.8 Å². The van der Waals surface area contributed by atoms with Gasteiger partial charge in [0.05, 0.1) is 6.10 Å². The highest BCUT2D eigenvalue weighted by Gasteiger charge is 2.61. The van der Waals surface area contributed by atoms with Gasteiger partial charge in [-0.3, -0.25) is 0 Å². The lowest BCUT2D eigenvalue weighted by atomic mass is 9.69. The van der Waals surface area contributed by atoms with Gasteiger partial charge in [0.1, 0.15) is 0 Å². The molecule has 2 saturated carbocycles. The van der Waals surface area contributed by atoms with Crippen LogP contribution in [0.4, 0.5) is 8.78 Å². The van der Waals surface area contributed by atoms with Crippen LogP contribution in [0.15, 0.2) is 0 Å². The van der Waals surface area contributed by atoms with E-state index < -0.39 is 12.0 Å². The summed E-state index contributed by atoms with van der Waals surface area (Å²) in [6, 6.07) is 0. The molecule has 1 nitrogen and oxygen atoms in total. The third-order valence-corrected chi connectivity index (χ3v) is 3.56. The van der Waals surface area contributed by atoms with Gasteiger partial charge in [0.15, 0.2) is 0 Å². The molecule has 0 saturated heterocycles. The van der Waals surface area contributed by atoms with E-state index in [4.69, 9.17) is 0 Å². The molecule has 0 bridgehead atoms. The van der Waals surface area contributed by atoms with E-state index in [1.165, 1.54) is 0 Å². The molecule has 2 aliphatic rings. The topological polar surface area (TPSA) is 20.2 Å². The summed E-state index contributed by atoms with van der Waals surface area (Å²) in [5.41, 5.74) is -0.123. The molecule has 0 aromatic heterocycles. The summed E-state index contributed by atoms with van der Waals surface area (Å²) in [5, 5.41) is 9.40. The van der Waals surface area contributed by atoms with Crippen LogP contribution in [0.5, 0.6) is 0 Å². The van der Waals surface area contributed by atoms with Crippen LogP contribution in [-0.2, 0) is 0 Å². The Hall–Kier alpha value is -0.180. The van der Waals surface area contributed by atoms with Gasteiger partial charge < -0.3 is 5.11 Å². The molecule has 0 heterocycles. The summed E-state index contributed by atoms with van der Waals surface area (Å²) in [7, 11) is 0. The van der Waals surface area contributed by atoms with Gasteiger partial charge in [-0.05, 0) is 31.1 Å². The number of hydrogen-bond donors (Lipinski definition) is 1. The molecule has 0 amide bonds. The Balaban J connectivity index is 1.96. The highest BCUT2D eigenvalue weighted by atomic mass is 19.3. The molecule has 2 rings (SSSR count). The first-order valence-electron chi connectivity index (χ1n) is 4.52. The lowest BCUT2D eigenvalue weighted by molar-refractivity contribution is -0.144. The van der Waals surface area contributed by atoms with Crippen LogP contribution in [0, 0.1) is 11.3 Å². The van der Waals surface area contributed by atoms with E-state index in [2.05, 4.69) is 0 Å². The zero-order valence-electron chi connectivity index (χ0n) is 7.19. The highest BCUT2D eigenvalue weighted by molar-refractivity contribution is 5.08. The highest BCUT2D eigenvalue weighted by Crippen LogP contribution is 2.63. The zero-order chi connectivity index (χ0) is 8.98. The van der Waals surface area contributed by atoms with Crippen molar-refractivity contribution in [3.05, 3.63) is 0 Å². The summed E-state index contributed by atoms with van der Waals surface area (Å²) in [6.07, 6.45) is 1.46. The lowest BCUT2D eigenvalue weighted by Crippen LogP contribution is -2.44. The largest absolute Gasteiger partial charge is 0.393 e. The first-order chi connectivity index (χ1) is 5.46. The smallest absolute Gasteiger partial charge is 0.248 e. The third-order valence-electron chi connectivity index (χ3n) is 3.56. The van der Waals surface area contributed by atoms with Crippen molar-refractivity contribution in [2.75, 3.05) is 0 Å². The fourth-order valence-electron chi connectivity index (χ4n) is 2.38. The number of alkyl halides is 2. The Morgan fingerprint density at radius 2 is 1.83 bits per heavy atom. The van der Waals surface area contributed by atoms with E-state index in [1.54, 1.807) is 6.92 Å². The minimum absolute atomic E-state index is 0.00208. The van der Waals surface area contributed by atoms with Gasteiger partial charge in [0.25, 0.3) is 0 Å². The van der Waals surface area contributed by atoms with Crippen LogP contribution in [0.2, 0.25) is 0 Å². The lowest BCUT2D eigenvalue weighted by Gasteiger charge is -2.41. The summed E-state index contributed by atoms with van der Waals surface area (Å²) in [4.78, 5) is 0. The Morgan fingerprint density at radius 3 is 2.08 bits per heavy atom. The normalized spacial score (nSPS) is 34.0. The van der Waals surface area contributed by atoms with E-state index in [0.717, 1.165) is 12.8 Å². The molecule has 12 heavy (non-hydrogen) atoms. The SMILES string of the molecule is CC(O)C1(C2CC(F)(F)C2)CC1. The fourth-order valence-corrected chi connectivity index (χ4v) is 2.38. The monoisotopic (exact) mass is 176 g/mol. The van der Waals surface area contributed by atoms with Crippen molar-refractivity contribution in [2.24, 2.45) is 11.3 Å². The van der Waals surface area contributed by atoms with Crippen molar-refractivity contribution >= 4 is 0 Å². The Morgan fingerprint density at radius 1 is 1.33 bits per heavy atom. The molecular formula is C9H14F2O. The Bertz CT molecular complexity index is 189. The van der Waals surface area contributed by atoms with Gasteiger partial charge in [-0.2, -0.15) is 0 Å². The summed E-state index contributed by atoms with van der Waals surface area (Å²) >= 11 is 0. The number of rotatable bonds is 2. The van der Waals surface area contributed by atoms with Crippen LogP contribution in [-0.4, -0.2) is 17.1 Å². The van der Waals surface area contributed by atoms with Crippen molar-refractivity contribution in [2.45, 2.75) is 44.6 Å². The average Bonchev–Trinajstić information content (AvgIpc) is 2.60. The van der Waals surface area contributed by atoms with Gasteiger partial charge in [0.2, 0.25) is 5.92 Å². The van der Waals surface area contributed by atoms with E-state index in [9.17, 15) is 13.9 Å². The summed E-state index contributed by atoms with van der Waals surface area (Å²) in [6.45, 7) is 1.73. The van der Waals surface area contributed by atoms with Crippen LogP contribution in [0.1, 0.15) is 32.6 Å². The predicted octanol–water partition coefficient (Wildman–Crippen LogP) is 2.19. The molecule has 0 aromatic rings. The molecule has 0 aliphatic heterocycles. The molecule has 0 radical (unpaired) electrons. The Labute approximate surface area is 70.8 Å². The molecule has 2 fully saturated rings. The molecule has 1 N–H and O–H groups in total. The van der Waals surface area contributed by atoms with Gasteiger partial charge in [-0.25, -0.2) is 8.78 Å². The van der Waals surface area contributed by atoms with E-state index in [-0.39, 0.29) is 24.2 Å². The molecular weight excluding hydrogens is 162 g/mol. The van der Waals surface area contributed by atoms with Crippen molar-refractivity contribution in [1.29, 1.82) is 0 Å². The maximum atomic E-state index is 12.5. The van der Waals surface area contributed by atoms with E-state index in [0.29, 0.717) is 0 Å². The summed E-state index contributed by atoms with van der Waals surface area (Å²) in [5.74, 6) is -2.36. The molecule has 1 unspecified atom stereocenters. The first kappa shape index (κ1) is 8.42. The molecule has 70 valence electrons. The number of halogens is 2. The van der Waals surface area contributed by atoms with Gasteiger partial charge >= 0.3 is 0 Å². The quantitative estimate of drug-likeness (QED) is 0.683. The van der Waals surface area contributed by atoms with Crippen molar-refractivity contribution < 1.29 is 13.9 Å². The van der Waals surface area contributed by atoms with Crippen molar-refractivity contribution in [1.82, 2.24) is 0 Å². The van der Waals surface area contributed by atoms with Crippen LogP contribution in [0.3, 0.4) is 0 Å². The first-order valence-corrected chi connectivity index (χ1v) is 4.52. The maximum absolute atomic E-state index is 12.5. The van der Waals surface area contributed by atoms with E-state index in [1.807, 2.05) is 0 Å². The molecule has 1 atom stereocenters. The standard InChI is InChI=1S/C9H14F2O/c1-6(12)8(2-3-8)7-4-9(10,11)5-7/h6-7,12H,2-5H2,1H3. The second-order valence-corrected chi connectivity index (χ2v) is 4.37. The predicted molar refractivity (Wildman–Crippen MR) is 41.0 cm³/mol. The maximum Gasteiger partial charge on any atom is 0.248 e. The van der Waals surface area contributed by atoms with Crippen LogP contribution in [0.25, 0.3) is 0 Å². The van der Waals surface area contributed by atoms with Crippen molar-refractivity contribution in [3.63, 3.8) is 0 Å². The number of hydrogen-bond acceptors (Lipinski definition) is 1. The zero-order valence-corrected chi connectivity index (χ0v) is 7.19. The van der Waals surface area contributed by atoms with Crippen LogP contribution < -0.4 is 0 Å². The number of aliphatic hydroxyl groups is 1. The molecule has 2 aliphatic carbocycles. The van der Waals surface area contributed by atoms with Crippen LogP contribution >= 0.6 is 0 Å². The Kier molecular flexibility index (Phi) is 1.54. The fraction of sp³-hybridized carbons (Fsp3) is 1.00. The molecule has 3 heteroatoms. The minimum atomic E-state index is -2.44. The molecule has 0 spiro atoms. The van der Waals surface area contributed by atoms with Gasteiger partial charge in [-0.15, -0.1) is 0 Å². The minimum Gasteiger partial charge on any atom is -0.393 e. The van der Waals surface area contributed by atoms with Crippen molar-refractivity contribution in [3.8, 4) is 0 Å². The molecule has 0 aromatic carbocycles. The third kappa shape index (κ3) is 1.06.